The number of carbonyl (C=O) groups excluding carboxylic acids is 3. The van der Waals surface area contributed by atoms with E-state index < -0.39 is 103 Å². The van der Waals surface area contributed by atoms with Crippen molar-refractivity contribution in [1.82, 2.24) is 25.1 Å². The molecule has 274 valence electrons. The molecule has 1 fully saturated rings. The number of hydrogen-bond donors (Lipinski definition) is 7. The van der Waals surface area contributed by atoms with Crippen LogP contribution in [0, 0.1) is 10.1 Å². The molecule has 1 aromatic carbocycles. The summed E-state index contributed by atoms with van der Waals surface area (Å²) in [5, 5.41) is 59.7. The Bertz CT molecular complexity index is 2210. The van der Waals surface area contributed by atoms with E-state index in [0.717, 1.165) is 40.3 Å². The number of phenolic OH excluding ortho intramolecular Hbond substituents is 2. The number of nitro benzene ring substituents is 1. The molecular weight excluding hydrogens is 732 g/mol. The van der Waals surface area contributed by atoms with Gasteiger partial charge in [0.05, 0.1) is 10.4 Å². The van der Waals surface area contributed by atoms with Crippen molar-refractivity contribution >= 4 is 80.2 Å². The molecule has 0 spiro atoms. The highest BCUT2D eigenvalue weighted by molar-refractivity contribution is 8.00. The van der Waals surface area contributed by atoms with Crippen LogP contribution in [-0.4, -0.2) is 104 Å². The molecule has 23 heteroatoms. The lowest BCUT2D eigenvalue weighted by atomic mass is 10.0. The highest BCUT2D eigenvalue weighted by Crippen LogP contribution is 2.41. The van der Waals surface area contributed by atoms with Crippen molar-refractivity contribution in [3.63, 3.8) is 0 Å². The van der Waals surface area contributed by atoms with Gasteiger partial charge in [0.25, 0.3) is 17.7 Å². The smallest absolute Gasteiger partial charge is 0.352 e. The predicted octanol–water partition coefficient (Wildman–Crippen LogP) is 0.132. The van der Waals surface area contributed by atoms with Crippen molar-refractivity contribution in [2.75, 3.05) is 18.0 Å². The van der Waals surface area contributed by atoms with Gasteiger partial charge in [-0.3, -0.25) is 34.2 Å². The Hall–Kier alpha value is -6.23. The summed E-state index contributed by atoms with van der Waals surface area (Å²) in [6.07, 6.45) is 1.09. The van der Waals surface area contributed by atoms with Crippen LogP contribution < -0.4 is 21.8 Å². The molecule has 2 aromatic heterocycles. The number of carbonyl (C=O) groups is 5. The third-order valence-corrected chi connectivity index (χ3v) is 9.94. The van der Waals surface area contributed by atoms with E-state index in [2.05, 4.69) is 20.8 Å². The van der Waals surface area contributed by atoms with Crippen molar-refractivity contribution < 1.29 is 54.2 Å². The number of rotatable bonds is 12. The molecule has 2 aliphatic rings. The number of aliphatic carboxylic acids is 2. The first kappa shape index (κ1) is 37.0. The number of pyridine rings is 1. The largest absolute Gasteiger partial charge is 0.504 e. The number of hydrogen-bond acceptors (Lipinski definition) is 16. The summed E-state index contributed by atoms with van der Waals surface area (Å²) in [7, 11) is 0. The number of fused-ring (bicyclic) bond motifs is 2. The maximum Gasteiger partial charge on any atom is 0.352 e. The number of benzene rings is 1. The molecule has 2 atom stereocenters. The van der Waals surface area contributed by atoms with Crippen molar-refractivity contribution in [3.05, 3.63) is 60.5 Å². The van der Waals surface area contributed by atoms with Gasteiger partial charge in [-0.1, -0.05) is 5.16 Å². The number of thioether (sulfide) groups is 1. The molecular formula is C29H28N8O13S2. The fraction of sp³-hybridized carbons (Fsp3) is 0.310. The van der Waals surface area contributed by atoms with E-state index in [4.69, 9.17) is 10.6 Å². The van der Waals surface area contributed by atoms with Gasteiger partial charge in [-0.05, 0) is 26.3 Å². The van der Waals surface area contributed by atoms with E-state index in [1.54, 1.807) is 6.92 Å². The molecule has 4 heterocycles. The number of anilines is 1. The van der Waals surface area contributed by atoms with Gasteiger partial charge in [0.1, 0.15) is 33.8 Å². The van der Waals surface area contributed by atoms with Crippen LogP contribution in [0.5, 0.6) is 11.5 Å². The number of amides is 3. The topological polar surface area (TPSA) is 319 Å². The third-order valence-electron chi connectivity index (χ3n) is 7.93. The number of nitrogens with zero attached hydrogens (tertiary/aromatic N) is 5. The number of nitrogen functional groups attached to an aromatic ring is 1. The second kappa shape index (κ2) is 13.8. The second-order valence-corrected chi connectivity index (χ2v) is 13.6. The predicted molar refractivity (Wildman–Crippen MR) is 182 cm³/mol. The van der Waals surface area contributed by atoms with E-state index in [1.165, 1.54) is 23.8 Å². The lowest BCUT2D eigenvalue weighted by Gasteiger charge is -2.49. The first-order chi connectivity index (χ1) is 24.4. The molecule has 0 saturated carbocycles. The van der Waals surface area contributed by atoms with Gasteiger partial charge in [-0.2, -0.15) is 0 Å². The monoisotopic (exact) mass is 760 g/mol. The average Bonchev–Trinajstić information content (AvgIpc) is 3.51. The normalized spacial score (nSPS) is 17.3. The number of nitrogens with two attached hydrogens (primary N) is 1. The summed E-state index contributed by atoms with van der Waals surface area (Å²) < 4.78 is 1.27. The number of aryl methyl sites for hydroxylation is 1. The van der Waals surface area contributed by atoms with Crippen molar-refractivity contribution in [1.29, 1.82) is 0 Å². The quantitative estimate of drug-likeness (QED) is 0.0424. The van der Waals surface area contributed by atoms with E-state index in [9.17, 15) is 59.3 Å². The fourth-order valence-corrected chi connectivity index (χ4v) is 7.11. The standard InChI is InChI=1S/C29H28N8O13S2/c1-4-35-7-11(20(39)15-13(35)5-14(38)21(40)19(15)37(48)49)22(41)31-6-10-8-51-25-17(24(43)36(25)18(10)26(44)45)33-23(42)16(12-9-52-28(30)32-12)34-50-29(2,3)27(46)47/h5,7,9,17,25,38,40H,4,6,8H2,1-3H3,(H2,30,32)(H,31,41)(H,33,42)(H,44,45)(H,46,47)/b34-16-/t17?,25-/m1/s1. The SMILES string of the molecule is CCn1cc(C(=O)NCC2=C(C(=O)O)N3C(=O)C(NC(=O)/C(=N\OC(C)(C)C(=O)O)c4csc(N)n4)[C@H]3SC2)c(=O)c2c([N+](=O)[O-])c(O)c(O)cc21. The van der Waals surface area contributed by atoms with Crippen molar-refractivity contribution in [3.8, 4) is 11.5 Å². The summed E-state index contributed by atoms with van der Waals surface area (Å²) >= 11 is 1.99. The van der Waals surface area contributed by atoms with Crippen molar-refractivity contribution in [2.24, 2.45) is 5.16 Å². The van der Waals surface area contributed by atoms with Crippen LogP contribution in [0.2, 0.25) is 0 Å². The zero-order chi connectivity index (χ0) is 38.4. The number of carboxylic acids is 2. The van der Waals surface area contributed by atoms with Crippen molar-refractivity contribution in [2.45, 2.75) is 44.3 Å². The molecule has 0 radical (unpaired) electrons. The Labute approximate surface area is 298 Å². The Morgan fingerprint density at radius 3 is 2.50 bits per heavy atom. The van der Waals surface area contributed by atoms with Crippen LogP contribution in [0.4, 0.5) is 10.8 Å². The number of aromatic nitrogens is 2. The molecule has 8 N–H and O–H groups in total. The molecule has 0 aliphatic carbocycles. The Morgan fingerprint density at radius 2 is 1.92 bits per heavy atom. The lowest BCUT2D eigenvalue weighted by Crippen LogP contribution is -2.71. The molecule has 1 unspecified atom stereocenters. The summed E-state index contributed by atoms with van der Waals surface area (Å²) in [4.78, 5) is 97.7. The Kier molecular flexibility index (Phi) is 9.85. The number of carboxylic acid groups (broad SMARTS) is 2. The number of aromatic hydroxyl groups is 2. The van der Waals surface area contributed by atoms with Gasteiger partial charge in [-0.25, -0.2) is 14.6 Å². The summed E-state index contributed by atoms with van der Waals surface area (Å²) in [6, 6.07) is -0.325. The highest BCUT2D eigenvalue weighted by Gasteiger charge is 2.54. The maximum absolute atomic E-state index is 13.4. The van der Waals surface area contributed by atoms with E-state index in [0.29, 0.717) is 0 Å². The summed E-state index contributed by atoms with van der Waals surface area (Å²) in [6.45, 7) is 3.56. The minimum absolute atomic E-state index is 0.0508. The van der Waals surface area contributed by atoms with E-state index in [-0.39, 0.29) is 34.2 Å². The van der Waals surface area contributed by atoms with E-state index in [1.807, 2.05) is 0 Å². The Balaban J connectivity index is 1.38. The minimum atomic E-state index is -1.85. The number of nitrogens with one attached hydrogen (secondary N) is 2. The lowest BCUT2D eigenvalue weighted by molar-refractivity contribution is -0.384. The second-order valence-electron chi connectivity index (χ2n) is 11.6. The first-order valence-electron chi connectivity index (χ1n) is 14.9. The molecule has 1 saturated heterocycles. The minimum Gasteiger partial charge on any atom is -0.504 e. The third kappa shape index (κ3) is 6.53. The molecule has 52 heavy (non-hydrogen) atoms. The maximum atomic E-state index is 13.4. The van der Waals surface area contributed by atoms with Gasteiger partial charge in [0.15, 0.2) is 16.6 Å². The summed E-state index contributed by atoms with van der Waals surface area (Å²) in [5.74, 6) is -7.91. The highest BCUT2D eigenvalue weighted by atomic mass is 32.2. The zero-order valence-corrected chi connectivity index (χ0v) is 28.7. The zero-order valence-electron chi connectivity index (χ0n) is 27.1. The van der Waals surface area contributed by atoms with Gasteiger partial charge >= 0.3 is 17.6 Å². The van der Waals surface area contributed by atoms with E-state index >= 15 is 0 Å². The average molecular weight is 761 g/mol. The molecule has 3 aromatic rings. The molecule has 2 aliphatic heterocycles. The van der Waals surface area contributed by atoms with Crippen LogP contribution in [0.25, 0.3) is 10.9 Å². The van der Waals surface area contributed by atoms with Crippen LogP contribution in [-0.2, 0) is 30.6 Å². The fourth-order valence-electron chi connectivity index (χ4n) is 5.21. The molecule has 5 rings (SSSR count). The van der Waals surface area contributed by atoms with Gasteiger partial charge in [0.2, 0.25) is 16.8 Å². The number of oxime groups is 1. The van der Waals surface area contributed by atoms with Crippen LogP contribution in [0.1, 0.15) is 36.8 Å². The molecule has 21 nitrogen and oxygen atoms in total. The molecule has 0 bridgehead atoms. The number of nitro groups is 1. The van der Waals surface area contributed by atoms with Gasteiger partial charge in [-0.15, -0.1) is 23.1 Å². The summed E-state index contributed by atoms with van der Waals surface area (Å²) in [5.41, 5.74) is -0.150. The number of thiazole rings is 1. The first-order valence-corrected chi connectivity index (χ1v) is 16.8. The van der Waals surface area contributed by atoms with Crippen LogP contribution in [0.3, 0.4) is 0 Å². The number of β-lactam (4-membered cyclic amide) rings is 1. The molecule has 3 amide bonds. The van der Waals surface area contributed by atoms with Crippen LogP contribution in [0.15, 0.2) is 38.9 Å². The number of phenols is 2. The van der Waals surface area contributed by atoms with Gasteiger partial charge in [0, 0.05) is 36.5 Å². The Morgan fingerprint density at radius 1 is 1.23 bits per heavy atom. The van der Waals surface area contributed by atoms with Gasteiger partial charge < -0.3 is 46.2 Å². The van der Waals surface area contributed by atoms with Crippen LogP contribution >= 0.6 is 23.1 Å².